The van der Waals surface area contributed by atoms with Gasteiger partial charge in [-0.25, -0.2) is 0 Å². The fourth-order valence-corrected chi connectivity index (χ4v) is 3.60. The highest BCUT2D eigenvalue weighted by atomic mass is 32.1. The topological polar surface area (TPSA) is 43.8 Å². The van der Waals surface area contributed by atoms with Gasteiger partial charge in [0.25, 0.3) is 5.91 Å². The van der Waals surface area contributed by atoms with Crippen LogP contribution in [0, 0.1) is 0 Å². The lowest BCUT2D eigenvalue weighted by Gasteiger charge is -2.37. The van der Waals surface area contributed by atoms with Crippen molar-refractivity contribution in [2.45, 2.75) is 18.6 Å². The van der Waals surface area contributed by atoms with Crippen molar-refractivity contribution < 1.29 is 18.7 Å². The molecule has 2 heterocycles. The van der Waals surface area contributed by atoms with E-state index in [2.05, 4.69) is 4.90 Å². The number of carbonyl (C=O) groups is 1. The molecule has 0 bridgehead atoms. The molecule has 2 aromatic rings. The molecule has 0 aliphatic carbocycles. The van der Waals surface area contributed by atoms with Gasteiger partial charge in [-0.3, -0.25) is 9.69 Å². The van der Waals surface area contributed by atoms with Crippen molar-refractivity contribution in [2.24, 2.45) is 0 Å². The van der Waals surface area contributed by atoms with Crippen molar-refractivity contribution >= 4 is 17.2 Å². The van der Waals surface area contributed by atoms with Crippen molar-refractivity contribution in [3.63, 3.8) is 0 Å². The molecular formula is C18H20F2N2O2S. The molecule has 0 spiro atoms. The van der Waals surface area contributed by atoms with Gasteiger partial charge in [-0.1, -0.05) is 30.3 Å². The number of rotatable bonds is 5. The summed E-state index contributed by atoms with van der Waals surface area (Å²) in [6.07, 6.45) is -2.10. The Bertz CT molecular complexity index is 686. The number of carbonyl (C=O) groups excluding carboxylic acids is 1. The average molecular weight is 366 g/mol. The molecule has 1 aliphatic rings. The first-order chi connectivity index (χ1) is 12.0. The molecule has 0 saturated carbocycles. The van der Waals surface area contributed by atoms with Gasteiger partial charge in [-0.15, -0.1) is 0 Å². The molecule has 3 rings (SSSR count). The SMILES string of the molecule is O=C(N1CCN(Cc2ccccc2)CC1)C(F)(F)C(O)c1ccsc1. The molecule has 7 heteroatoms. The summed E-state index contributed by atoms with van der Waals surface area (Å²) < 4.78 is 28.7. The maximum Gasteiger partial charge on any atom is 0.353 e. The van der Waals surface area contributed by atoms with E-state index in [0.717, 1.165) is 17.0 Å². The van der Waals surface area contributed by atoms with Crippen LogP contribution in [0.15, 0.2) is 47.2 Å². The Balaban J connectivity index is 1.57. The number of piperazine rings is 1. The van der Waals surface area contributed by atoms with E-state index >= 15 is 0 Å². The van der Waals surface area contributed by atoms with E-state index < -0.39 is 17.9 Å². The van der Waals surface area contributed by atoms with Crippen molar-refractivity contribution in [2.75, 3.05) is 26.2 Å². The van der Waals surface area contributed by atoms with Crippen LogP contribution in [0.2, 0.25) is 0 Å². The van der Waals surface area contributed by atoms with Crippen LogP contribution in [0.3, 0.4) is 0 Å². The van der Waals surface area contributed by atoms with Crippen LogP contribution in [-0.2, 0) is 11.3 Å². The van der Waals surface area contributed by atoms with Gasteiger partial charge < -0.3 is 10.0 Å². The molecule has 1 amide bonds. The second-order valence-electron chi connectivity index (χ2n) is 6.14. The highest BCUT2D eigenvalue weighted by Gasteiger charge is 2.50. The quantitative estimate of drug-likeness (QED) is 0.885. The summed E-state index contributed by atoms with van der Waals surface area (Å²) in [5.41, 5.74) is 1.23. The van der Waals surface area contributed by atoms with Crippen LogP contribution in [0.1, 0.15) is 17.2 Å². The number of amides is 1. The lowest BCUT2D eigenvalue weighted by Crippen LogP contribution is -2.54. The number of nitrogens with zero attached hydrogens (tertiary/aromatic N) is 2. The van der Waals surface area contributed by atoms with Gasteiger partial charge in [0.15, 0.2) is 6.10 Å². The predicted octanol–water partition coefficient (Wildman–Crippen LogP) is 2.76. The van der Waals surface area contributed by atoms with E-state index in [-0.39, 0.29) is 18.7 Å². The van der Waals surface area contributed by atoms with Gasteiger partial charge >= 0.3 is 5.92 Å². The number of hydrogen-bond acceptors (Lipinski definition) is 4. The smallest absolute Gasteiger partial charge is 0.353 e. The monoisotopic (exact) mass is 366 g/mol. The minimum atomic E-state index is -3.82. The molecule has 1 unspecified atom stereocenters. The fourth-order valence-electron chi connectivity index (χ4n) is 2.92. The molecule has 1 aromatic carbocycles. The summed E-state index contributed by atoms with van der Waals surface area (Å²) in [5.74, 6) is -5.12. The van der Waals surface area contributed by atoms with E-state index in [1.165, 1.54) is 22.8 Å². The van der Waals surface area contributed by atoms with E-state index in [4.69, 9.17) is 0 Å². The van der Waals surface area contributed by atoms with E-state index in [9.17, 15) is 18.7 Å². The van der Waals surface area contributed by atoms with Crippen LogP contribution in [0.5, 0.6) is 0 Å². The molecule has 1 atom stereocenters. The Kier molecular flexibility index (Phi) is 5.46. The Hall–Kier alpha value is -1.83. The first-order valence-electron chi connectivity index (χ1n) is 8.12. The molecule has 1 aliphatic heterocycles. The first kappa shape index (κ1) is 18.0. The zero-order chi connectivity index (χ0) is 17.9. The standard InChI is InChI=1S/C18H20F2N2O2S/c19-18(20,16(23)15-6-11-25-13-15)17(24)22-9-7-21(8-10-22)12-14-4-2-1-3-5-14/h1-6,11,13,16,23H,7-10,12H2. The van der Waals surface area contributed by atoms with Crippen molar-refractivity contribution in [1.82, 2.24) is 9.80 Å². The number of hydrogen-bond donors (Lipinski definition) is 1. The van der Waals surface area contributed by atoms with Gasteiger partial charge in [0.05, 0.1) is 0 Å². The molecule has 134 valence electrons. The highest BCUT2D eigenvalue weighted by molar-refractivity contribution is 7.07. The van der Waals surface area contributed by atoms with Gasteiger partial charge in [-0.2, -0.15) is 20.1 Å². The molecule has 0 radical (unpaired) electrons. The summed E-state index contributed by atoms with van der Waals surface area (Å²) in [6.45, 7) is 2.27. The molecular weight excluding hydrogens is 346 g/mol. The number of benzene rings is 1. The zero-order valence-corrected chi connectivity index (χ0v) is 14.5. The second kappa shape index (κ2) is 7.59. The van der Waals surface area contributed by atoms with E-state index in [1.807, 2.05) is 30.3 Å². The zero-order valence-electron chi connectivity index (χ0n) is 13.6. The molecule has 1 aromatic heterocycles. The normalized spacial score (nSPS) is 17.5. The maximum atomic E-state index is 14.4. The number of aliphatic hydroxyl groups is 1. The Morgan fingerprint density at radius 1 is 1.16 bits per heavy atom. The maximum absolute atomic E-state index is 14.4. The number of halogens is 2. The van der Waals surface area contributed by atoms with Gasteiger partial charge in [-0.05, 0) is 28.0 Å². The molecule has 1 N–H and O–H groups in total. The number of alkyl halides is 2. The molecule has 25 heavy (non-hydrogen) atoms. The van der Waals surface area contributed by atoms with E-state index in [0.29, 0.717) is 13.1 Å². The van der Waals surface area contributed by atoms with Gasteiger partial charge in [0.2, 0.25) is 0 Å². The van der Waals surface area contributed by atoms with Gasteiger partial charge in [0, 0.05) is 32.7 Å². The molecule has 1 fully saturated rings. The summed E-state index contributed by atoms with van der Waals surface area (Å²) in [5, 5.41) is 12.9. The second-order valence-corrected chi connectivity index (χ2v) is 6.92. The third-order valence-electron chi connectivity index (χ3n) is 4.40. The Morgan fingerprint density at radius 3 is 2.44 bits per heavy atom. The minimum Gasteiger partial charge on any atom is -0.381 e. The highest BCUT2D eigenvalue weighted by Crippen LogP contribution is 2.34. The van der Waals surface area contributed by atoms with Crippen molar-refractivity contribution in [1.29, 1.82) is 0 Å². The fraction of sp³-hybridized carbons (Fsp3) is 0.389. The van der Waals surface area contributed by atoms with Gasteiger partial charge in [0.1, 0.15) is 0 Å². The minimum absolute atomic E-state index is 0.0751. The van der Waals surface area contributed by atoms with Crippen LogP contribution in [-0.4, -0.2) is 52.9 Å². The summed E-state index contributed by atoms with van der Waals surface area (Å²) in [6, 6.07) is 11.3. The van der Waals surface area contributed by atoms with Crippen molar-refractivity contribution in [3.8, 4) is 0 Å². The summed E-state index contributed by atoms with van der Waals surface area (Å²) in [4.78, 5) is 15.5. The molecule has 4 nitrogen and oxygen atoms in total. The van der Waals surface area contributed by atoms with Crippen LogP contribution < -0.4 is 0 Å². The largest absolute Gasteiger partial charge is 0.381 e. The number of aliphatic hydroxyl groups excluding tert-OH is 1. The third kappa shape index (κ3) is 4.05. The number of thiophene rings is 1. The third-order valence-corrected chi connectivity index (χ3v) is 5.10. The van der Waals surface area contributed by atoms with E-state index in [1.54, 1.807) is 5.38 Å². The van der Waals surface area contributed by atoms with Crippen molar-refractivity contribution in [3.05, 3.63) is 58.3 Å². The van der Waals surface area contributed by atoms with Crippen LogP contribution in [0.4, 0.5) is 8.78 Å². The van der Waals surface area contributed by atoms with Crippen LogP contribution >= 0.6 is 11.3 Å². The average Bonchev–Trinajstić information content (AvgIpc) is 3.16. The summed E-state index contributed by atoms with van der Waals surface area (Å²) in [7, 11) is 0. The molecule has 1 saturated heterocycles. The Morgan fingerprint density at radius 2 is 1.84 bits per heavy atom. The predicted molar refractivity (Wildman–Crippen MR) is 92.5 cm³/mol. The first-order valence-corrected chi connectivity index (χ1v) is 9.06. The Labute approximate surface area is 149 Å². The van der Waals surface area contributed by atoms with Crippen LogP contribution in [0.25, 0.3) is 0 Å². The lowest BCUT2D eigenvalue weighted by atomic mass is 10.1. The lowest BCUT2D eigenvalue weighted by molar-refractivity contribution is -0.177. The summed E-state index contributed by atoms with van der Waals surface area (Å²) >= 11 is 1.21.